The fourth-order valence-corrected chi connectivity index (χ4v) is 3.44. The minimum Gasteiger partial charge on any atom is -0.507 e. The van der Waals surface area contributed by atoms with Gasteiger partial charge in [0, 0.05) is 30.7 Å². The van der Waals surface area contributed by atoms with Crippen molar-refractivity contribution < 1.29 is 9.90 Å². The van der Waals surface area contributed by atoms with Gasteiger partial charge in [0.15, 0.2) is 0 Å². The summed E-state index contributed by atoms with van der Waals surface area (Å²) < 4.78 is 1.82. The van der Waals surface area contributed by atoms with E-state index in [1.807, 2.05) is 60.3 Å². The second-order valence-corrected chi connectivity index (χ2v) is 6.60. The number of phenolic OH excluding ortho intramolecular Hbond substituents is 1. The average Bonchev–Trinajstić information content (AvgIpc) is 3.26. The molecule has 1 aliphatic rings. The first-order chi connectivity index (χ1) is 13.0. The van der Waals surface area contributed by atoms with E-state index in [0.29, 0.717) is 17.7 Å². The van der Waals surface area contributed by atoms with Crippen LogP contribution in [-0.2, 0) is 4.79 Å². The van der Waals surface area contributed by atoms with Crippen LogP contribution in [0.5, 0.6) is 5.75 Å². The molecule has 3 aromatic rings. The van der Waals surface area contributed by atoms with Crippen LogP contribution in [-0.4, -0.2) is 31.5 Å². The van der Waals surface area contributed by atoms with Gasteiger partial charge in [-0.25, -0.2) is 9.69 Å². The predicted octanol–water partition coefficient (Wildman–Crippen LogP) is 3.58. The molecule has 2 aromatic carbocycles. The van der Waals surface area contributed by atoms with Gasteiger partial charge in [-0.3, -0.25) is 4.79 Å². The molecule has 6 nitrogen and oxygen atoms in total. The molecule has 6 heteroatoms. The Hall–Kier alpha value is -3.41. The molecule has 0 bridgehead atoms. The Kier molecular flexibility index (Phi) is 4.24. The topological polar surface area (TPSA) is 70.7 Å². The molecule has 1 aliphatic heterocycles. The average molecular weight is 360 g/mol. The number of hydrogen-bond acceptors (Lipinski definition) is 4. The van der Waals surface area contributed by atoms with Gasteiger partial charge in [-0.05, 0) is 31.2 Å². The van der Waals surface area contributed by atoms with E-state index in [2.05, 4.69) is 10.2 Å². The quantitative estimate of drug-likeness (QED) is 0.776. The van der Waals surface area contributed by atoms with Crippen molar-refractivity contribution in [3.63, 3.8) is 0 Å². The molecule has 0 aliphatic carbocycles. The van der Waals surface area contributed by atoms with Gasteiger partial charge >= 0.3 is 0 Å². The highest BCUT2D eigenvalue weighted by Crippen LogP contribution is 2.36. The zero-order valence-electron chi connectivity index (χ0n) is 15.2. The van der Waals surface area contributed by atoms with Crippen LogP contribution in [0.25, 0.3) is 5.69 Å². The fraction of sp³-hybridized carbons (Fsp3) is 0.190. The van der Waals surface area contributed by atoms with E-state index in [1.54, 1.807) is 12.1 Å². The number of nitrogens with zero attached hydrogens (tertiary/aromatic N) is 4. The SMILES string of the molecule is CC(=O)N1N=C(c2ccccc2O)C[C@H]1c1cn(-c2ccccc2)nc1C. The number of carbonyl (C=O) groups excluding carboxylic acids is 1. The first-order valence-corrected chi connectivity index (χ1v) is 8.82. The number of hydrazone groups is 1. The van der Waals surface area contributed by atoms with Crippen molar-refractivity contribution in [3.05, 3.63) is 77.6 Å². The number of para-hydroxylation sites is 2. The normalized spacial score (nSPS) is 16.4. The van der Waals surface area contributed by atoms with Gasteiger partial charge in [-0.15, -0.1) is 0 Å². The van der Waals surface area contributed by atoms with Crippen molar-refractivity contribution in [1.82, 2.24) is 14.8 Å². The van der Waals surface area contributed by atoms with E-state index in [0.717, 1.165) is 16.9 Å². The largest absolute Gasteiger partial charge is 0.507 e. The van der Waals surface area contributed by atoms with Crippen molar-refractivity contribution in [1.29, 1.82) is 0 Å². The standard InChI is InChI=1S/C21H20N4O2/c1-14-18(13-24(22-14)16-8-4-3-5-9-16)20-12-19(23-25(20)15(2)26)17-10-6-7-11-21(17)27/h3-11,13,20,27H,12H2,1-2H3/t20-/m0/s1. The molecule has 0 radical (unpaired) electrons. The van der Waals surface area contributed by atoms with E-state index in [9.17, 15) is 9.90 Å². The number of benzene rings is 2. The Labute approximate surface area is 157 Å². The third-order valence-corrected chi connectivity index (χ3v) is 4.76. The lowest BCUT2D eigenvalue weighted by atomic mass is 9.98. The molecule has 1 atom stereocenters. The van der Waals surface area contributed by atoms with E-state index < -0.39 is 0 Å². The Bertz CT molecular complexity index is 1020. The van der Waals surface area contributed by atoms with Crippen LogP contribution in [0.4, 0.5) is 0 Å². The summed E-state index contributed by atoms with van der Waals surface area (Å²) in [6.07, 6.45) is 2.48. The number of phenols is 1. The number of hydrogen-bond donors (Lipinski definition) is 1. The first-order valence-electron chi connectivity index (χ1n) is 8.82. The highest BCUT2D eigenvalue weighted by molar-refractivity contribution is 6.05. The van der Waals surface area contributed by atoms with E-state index in [-0.39, 0.29) is 17.7 Å². The van der Waals surface area contributed by atoms with Crippen LogP contribution < -0.4 is 0 Å². The molecule has 0 spiro atoms. The molecule has 0 saturated heterocycles. The van der Waals surface area contributed by atoms with E-state index >= 15 is 0 Å². The van der Waals surface area contributed by atoms with E-state index in [4.69, 9.17) is 0 Å². The molecule has 27 heavy (non-hydrogen) atoms. The number of carbonyl (C=O) groups is 1. The second-order valence-electron chi connectivity index (χ2n) is 6.60. The molecular formula is C21H20N4O2. The molecule has 0 saturated carbocycles. The summed E-state index contributed by atoms with van der Waals surface area (Å²) in [6, 6.07) is 16.7. The van der Waals surface area contributed by atoms with Gasteiger partial charge < -0.3 is 5.11 Å². The van der Waals surface area contributed by atoms with Crippen molar-refractivity contribution in [3.8, 4) is 11.4 Å². The predicted molar refractivity (Wildman–Crippen MR) is 103 cm³/mol. The van der Waals surface area contributed by atoms with Gasteiger partial charge in [-0.2, -0.15) is 10.2 Å². The molecule has 1 N–H and O–H groups in total. The summed E-state index contributed by atoms with van der Waals surface area (Å²) in [7, 11) is 0. The third-order valence-electron chi connectivity index (χ3n) is 4.76. The van der Waals surface area contributed by atoms with Gasteiger partial charge in [0.05, 0.1) is 23.1 Å². The summed E-state index contributed by atoms with van der Waals surface area (Å²) in [5.74, 6) is 0.0226. The van der Waals surface area contributed by atoms with Crippen molar-refractivity contribution >= 4 is 11.6 Å². The second kappa shape index (κ2) is 6.72. The van der Waals surface area contributed by atoms with Crippen molar-refractivity contribution in [2.24, 2.45) is 5.10 Å². The van der Waals surface area contributed by atoms with Gasteiger partial charge in [0.1, 0.15) is 5.75 Å². The highest BCUT2D eigenvalue weighted by Gasteiger charge is 2.34. The molecule has 1 amide bonds. The zero-order chi connectivity index (χ0) is 19.0. The highest BCUT2D eigenvalue weighted by atomic mass is 16.3. The van der Waals surface area contributed by atoms with Gasteiger partial charge in [0.2, 0.25) is 5.91 Å². The molecular weight excluding hydrogens is 340 g/mol. The maximum absolute atomic E-state index is 12.2. The molecule has 0 fully saturated rings. The number of rotatable bonds is 3. The number of aromatic hydroxyl groups is 1. The first kappa shape index (κ1) is 17.0. The smallest absolute Gasteiger partial charge is 0.240 e. The van der Waals surface area contributed by atoms with Crippen LogP contribution in [0, 0.1) is 6.92 Å². The lowest BCUT2D eigenvalue weighted by Gasteiger charge is -2.19. The van der Waals surface area contributed by atoms with Crippen LogP contribution in [0.3, 0.4) is 0 Å². The maximum Gasteiger partial charge on any atom is 0.240 e. The van der Waals surface area contributed by atoms with Gasteiger partial charge in [0.25, 0.3) is 0 Å². The van der Waals surface area contributed by atoms with Crippen LogP contribution >= 0.6 is 0 Å². The summed E-state index contributed by atoms with van der Waals surface area (Å²) in [5, 5.41) is 20.8. The molecule has 4 rings (SSSR count). The molecule has 0 unspecified atom stereocenters. The summed E-state index contributed by atoms with van der Waals surface area (Å²) in [5.41, 5.74) is 4.10. The van der Waals surface area contributed by atoms with Crippen LogP contribution in [0.1, 0.15) is 36.2 Å². The fourth-order valence-electron chi connectivity index (χ4n) is 3.44. The molecule has 1 aromatic heterocycles. The summed E-state index contributed by atoms with van der Waals surface area (Å²) >= 11 is 0. The van der Waals surface area contributed by atoms with E-state index in [1.165, 1.54) is 11.9 Å². The summed E-state index contributed by atoms with van der Waals surface area (Å²) in [4.78, 5) is 12.2. The lowest BCUT2D eigenvalue weighted by molar-refractivity contribution is -0.130. The number of aromatic nitrogens is 2. The Morgan fingerprint density at radius 1 is 1.11 bits per heavy atom. The molecule has 2 heterocycles. The van der Waals surface area contributed by atoms with Crippen molar-refractivity contribution in [2.45, 2.75) is 26.3 Å². The Balaban J connectivity index is 1.71. The van der Waals surface area contributed by atoms with Crippen LogP contribution in [0.15, 0.2) is 65.9 Å². The monoisotopic (exact) mass is 360 g/mol. The zero-order valence-corrected chi connectivity index (χ0v) is 15.2. The lowest BCUT2D eigenvalue weighted by Crippen LogP contribution is -2.24. The minimum absolute atomic E-state index is 0.141. The maximum atomic E-state index is 12.2. The Morgan fingerprint density at radius 3 is 2.52 bits per heavy atom. The third kappa shape index (κ3) is 3.10. The number of amides is 1. The summed E-state index contributed by atoms with van der Waals surface area (Å²) in [6.45, 7) is 3.44. The molecule has 136 valence electrons. The van der Waals surface area contributed by atoms with Crippen LogP contribution in [0.2, 0.25) is 0 Å². The minimum atomic E-state index is -0.241. The van der Waals surface area contributed by atoms with Gasteiger partial charge in [-0.1, -0.05) is 30.3 Å². The number of aryl methyl sites for hydroxylation is 1. The Morgan fingerprint density at radius 2 is 1.81 bits per heavy atom. The van der Waals surface area contributed by atoms with Crippen molar-refractivity contribution in [2.75, 3.05) is 0 Å².